The molecule has 1 amide bonds. The van der Waals surface area contributed by atoms with Crippen LogP contribution in [-0.2, 0) is 16.6 Å². The number of benzene rings is 2. The van der Waals surface area contributed by atoms with Crippen LogP contribution in [0.25, 0.3) is 0 Å². The minimum Gasteiger partial charge on any atom is -0.340 e. The standard InChI is InChI=1S/C26H28F3N3O4S/c1-19-12-14-21(15-13-19)37(35,36)30-16-6-5-11-23(26(27,28)29)31-24(33)22-10-7-17-32(25(22)34)18-20-8-3-2-4-9-20/h2-4,7-10,12-15,17,23,30H,5-6,11,16,18H2,1H3,(H,31,33)/t23-/m0/s1. The first-order valence-electron chi connectivity index (χ1n) is 11.6. The molecule has 0 radical (unpaired) electrons. The third-order valence-electron chi connectivity index (χ3n) is 5.70. The maximum Gasteiger partial charge on any atom is 0.408 e. The van der Waals surface area contributed by atoms with Crippen LogP contribution in [0.4, 0.5) is 13.2 Å². The number of pyridine rings is 1. The van der Waals surface area contributed by atoms with E-state index in [9.17, 15) is 31.2 Å². The molecule has 0 bridgehead atoms. The van der Waals surface area contributed by atoms with E-state index in [1.165, 1.54) is 35.0 Å². The average Bonchev–Trinajstić information content (AvgIpc) is 2.84. The van der Waals surface area contributed by atoms with E-state index in [2.05, 4.69) is 4.72 Å². The van der Waals surface area contributed by atoms with Gasteiger partial charge in [-0.1, -0.05) is 48.0 Å². The third kappa shape index (κ3) is 8.02. The monoisotopic (exact) mass is 535 g/mol. The maximum atomic E-state index is 13.6. The molecule has 11 heteroatoms. The summed E-state index contributed by atoms with van der Waals surface area (Å²) in [5, 5.41) is 1.93. The second kappa shape index (κ2) is 12.2. The molecule has 0 unspecified atom stereocenters. The predicted octanol–water partition coefficient (Wildman–Crippen LogP) is 4.01. The van der Waals surface area contributed by atoms with Crippen LogP contribution >= 0.6 is 0 Å². The lowest BCUT2D eigenvalue weighted by atomic mass is 10.1. The van der Waals surface area contributed by atoms with Gasteiger partial charge in [0.05, 0.1) is 11.4 Å². The number of carbonyl (C=O) groups is 1. The first kappa shape index (κ1) is 28.1. The summed E-state index contributed by atoms with van der Waals surface area (Å²) < 4.78 is 69.0. The lowest BCUT2D eigenvalue weighted by Crippen LogP contribution is -2.47. The molecule has 0 spiro atoms. The van der Waals surface area contributed by atoms with E-state index in [1.54, 1.807) is 36.4 Å². The third-order valence-corrected chi connectivity index (χ3v) is 7.18. The molecule has 0 saturated heterocycles. The summed E-state index contributed by atoms with van der Waals surface area (Å²) in [4.78, 5) is 25.4. The summed E-state index contributed by atoms with van der Waals surface area (Å²) in [6, 6.07) is 15.6. The Labute approximate surface area is 213 Å². The van der Waals surface area contributed by atoms with Gasteiger partial charge in [-0.2, -0.15) is 13.2 Å². The number of nitrogens with zero attached hydrogens (tertiary/aromatic N) is 1. The Bertz CT molecular complexity index is 1360. The van der Waals surface area contributed by atoms with Gasteiger partial charge in [0.2, 0.25) is 10.0 Å². The number of halogens is 3. The van der Waals surface area contributed by atoms with E-state index >= 15 is 0 Å². The van der Waals surface area contributed by atoms with Gasteiger partial charge in [0, 0.05) is 12.7 Å². The summed E-state index contributed by atoms with van der Waals surface area (Å²) in [6.07, 6.45) is -3.62. The van der Waals surface area contributed by atoms with Crippen molar-refractivity contribution in [2.24, 2.45) is 0 Å². The van der Waals surface area contributed by atoms with Crippen LogP contribution in [-0.4, -0.2) is 37.7 Å². The Balaban J connectivity index is 1.58. The number of unbranched alkanes of at least 4 members (excludes halogenated alkanes) is 1. The molecule has 1 aromatic heterocycles. The van der Waals surface area contributed by atoms with E-state index in [0.717, 1.165) is 11.1 Å². The Morgan fingerprint density at radius 2 is 1.65 bits per heavy atom. The summed E-state index contributed by atoms with van der Waals surface area (Å²) in [5.41, 5.74) is 0.604. The second-order valence-corrected chi connectivity index (χ2v) is 10.4. The van der Waals surface area contributed by atoms with Crippen LogP contribution in [0, 0.1) is 6.92 Å². The molecule has 1 heterocycles. The molecule has 0 saturated carbocycles. The van der Waals surface area contributed by atoms with Gasteiger partial charge >= 0.3 is 6.18 Å². The molecular formula is C26H28F3N3O4S. The first-order valence-corrected chi connectivity index (χ1v) is 13.1. The fourth-order valence-corrected chi connectivity index (χ4v) is 4.72. The minimum absolute atomic E-state index is 0.00605. The molecule has 2 aromatic carbocycles. The molecule has 0 aliphatic rings. The molecule has 2 N–H and O–H groups in total. The van der Waals surface area contributed by atoms with E-state index in [-0.39, 0.29) is 30.8 Å². The molecular weight excluding hydrogens is 507 g/mol. The van der Waals surface area contributed by atoms with Crippen molar-refractivity contribution in [2.75, 3.05) is 6.54 Å². The molecule has 7 nitrogen and oxygen atoms in total. The Morgan fingerprint density at radius 3 is 2.30 bits per heavy atom. The quantitative estimate of drug-likeness (QED) is 0.363. The largest absolute Gasteiger partial charge is 0.408 e. The molecule has 1 atom stereocenters. The molecule has 37 heavy (non-hydrogen) atoms. The number of rotatable bonds is 11. The average molecular weight is 536 g/mol. The van der Waals surface area contributed by atoms with E-state index in [1.807, 2.05) is 18.3 Å². The highest BCUT2D eigenvalue weighted by atomic mass is 32.2. The van der Waals surface area contributed by atoms with Gasteiger partial charge in [0.25, 0.3) is 11.5 Å². The van der Waals surface area contributed by atoms with Crippen LogP contribution in [0.15, 0.2) is 82.6 Å². The van der Waals surface area contributed by atoms with Crippen molar-refractivity contribution >= 4 is 15.9 Å². The Hall–Kier alpha value is -3.44. The number of amides is 1. The number of sulfonamides is 1. The fourth-order valence-electron chi connectivity index (χ4n) is 3.65. The zero-order chi connectivity index (χ0) is 27.1. The van der Waals surface area contributed by atoms with Gasteiger partial charge in [0.15, 0.2) is 0 Å². The van der Waals surface area contributed by atoms with E-state index < -0.39 is 45.7 Å². The number of aromatic nitrogens is 1. The second-order valence-electron chi connectivity index (χ2n) is 8.61. The fraction of sp³-hybridized carbons (Fsp3) is 0.308. The summed E-state index contributed by atoms with van der Waals surface area (Å²) in [6.45, 7) is 1.93. The van der Waals surface area contributed by atoms with Crippen LogP contribution in [0.5, 0.6) is 0 Å². The predicted molar refractivity (Wildman–Crippen MR) is 134 cm³/mol. The number of aryl methyl sites for hydroxylation is 1. The van der Waals surface area contributed by atoms with Crippen molar-refractivity contribution in [1.29, 1.82) is 0 Å². The smallest absolute Gasteiger partial charge is 0.340 e. The number of carbonyl (C=O) groups excluding carboxylic acids is 1. The number of nitrogens with one attached hydrogen (secondary N) is 2. The topological polar surface area (TPSA) is 97.3 Å². The van der Waals surface area contributed by atoms with Gasteiger partial charge in [-0.15, -0.1) is 0 Å². The van der Waals surface area contributed by atoms with Gasteiger partial charge in [-0.3, -0.25) is 9.59 Å². The molecule has 0 aliphatic carbocycles. The Kier molecular flexibility index (Phi) is 9.28. The normalized spacial score (nSPS) is 12.8. The van der Waals surface area contributed by atoms with Crippen LogP contribution in [0.1, 0.15) is 40.7 Å². The molecule has 3 aromatic rings. The summed E-state index contributed by atoms with van der Waals surface area (Å²) >= 11 is 0. The van der Waals surface area contributed by atoms with E-state index in [4.69, 9.17) is 0 Å². The molecule has 3 rings (SSSR count). The highest BCUT2D eigenvalue weighted by Crippen LogP contribution is 2.24. The molecule has 198 valence electrons. The highest BCUT2D eigenvalue weighted by molar-refractivity contribution is 7.89. The zero-order valence-corrected chi connectivity index (χ0v) is 21.0. The van der Waals surface area contributed by atoms with Gasteiger partial charge in [-0.05, 0) is 56.0 Å². The zero-order valence-electron chi connectivity index (χ0n) is 20.2. The van der Waals surface area contributed by atoms with Crippen LogP contribution in [0.2, 0.25) is 0 Å². The van der Waals surface area contributed by atoms with Crippen molar-refractivity contribution in [3.05, 3.63) is 100.0 Å². The van der Waals surface area contributed by atoms with Gasteiger partial charge in [-0.25, -0.2) is 13.1 Å². The highest BCUT2D eigenvalue weighted by Gasteiger charge is 2.40. The lowest BCUT2D eigenvalue weighted by molar-refractivity contribution is -0.155. The van der Waals surface area contributed by atoms with Crippen LogP contribution < -0.4 is 15.6 Å². The van der Waals surface area contributed by atoms with Gasteiger partial charge in [0.1, 0.15) is 11.6 Å². The first-order chi connectivity index (χ1) is 17.5. The molecule has 0 aliphatic heterocycles. The van der Waals surface area contributed by atoms with Crippen molar-refractivity contribution in [3.63, 3.8) is 0 Å². The van der Waals surface area contributed by atoms with E-state index in [0.29, 0.717) is 0 Å². The summed E-state index contributed by atoms with van der Waals surface area (Å²) in [5.74, 6) is -1.12. The van der Waals surface area contributed by atoms with Crippen LogP contribution in [0.3, 0.4) is 0 Å². The number of hydrogen-bond donors (Lipinski definition) is 2. The van der Waals surface area contributed by atoms with Crippen molar-refractivity contribution in [3.8, 4) is 0 Å². The SMILES string of the molecule is Cc1ccc(S(=O)(=O)NCCCC[C@H](NC(=O)c2cccn(Cc3ccccc3)c2=O)C(F)(F)F)cc1. The summed E-state index contributed by atoms with van der Waals surface area (Å²) in [7, 11) is -3.77. The van der Waals surface area contributed by atoms with Crippen molar-refractivity contribution in [2.45, 2.75) is 49.8 Å². The van der Waals surface area contributed by atoms with Crippen molar-refractivity contribution < 1.29 is 26.4 Å². The van der Waals surface area contributed by atoms with Crippen molar-refractivity contribution in [1.82, 2.24) is 14.6 Å². The molecule has 0 fully saturated rings. The minimum atomic E-state index is -4.74. The maximum absolute atomic E-state index is 13.6. The number of alkyl halides is 3. The Morgan fingerprint density at radius 1 is 0.973 bits per heavy atom. The number of hydrogen-bond acceptors (Lipinski definition) is 4. The van der Waals surface area contributed by atoms with Gasteiger partial charge < -0.3 is 9.88 Å². The lowest BCUT2D eigenvalue weighted by Gasteiger charge is -2.21.